The number of nitrogens with zero attached hydrogens (tertiary/aromatic N) is 2. The van der Waals surface area contributed by atoms with Crippen LogP contribution in [0.4, 0.5) is 0 Å². The summed E-state index contributed by atoms with van der Waals surface area (Å²) in [7, 11) is 1.30. The first-order valence-electron chi connectivity index (χ1n) is 5.24. The third kappa shape index (κ3) is 3.49. The summed E-state index contributed by atoms with van der Waals surface area (Å²) < 4.78 is 10.1. The van der Waals surface area contributed by atoms with Crippen molar-refractivity contribution in [3.63, 3.8) is 0 Å². The number of aromatic nitrogens is 2. The Balaban J connectivity index is 2.70. The van der Waals surface area contributed by atoms with E-state index in [1.807, 2.05) is 6.92 Å². The highest BCUT2D eigenvalue weighted by atomic mass is 16.5. The van der Waals surface area contributed by atoms with Crippen molar-refractivity contribution in [2.45, 2.75) is 32.8 Å². The molecule has 1 aromatic rings. The highest BCUT2D eigenvalue weighted by Gasteiger charge is 2.10. The minimum atomic E-state index is -0.513. The Kier molecular flexibility index (Phi) is 4.69. The van der Waals surface area contributed by atoms with Crippen molar-refractivity contribution in [1.29, 1.82) is 0 Å². The molecule has 0 aliphatic heterocycles. The van der Waals surface area contributed by atoms with E-state index in [1.54, 1.807) is 0 Å². The lowest BCUT2D eigenvalue weighted by Crippen LogP contribution is -2.13. The lowest BCUT2D eigenvalue weighted by atomic mass is 10.2. The molecule has 1 rings (SSSR count). The van der Waals surface area contributed by atoms with Crippen LogP contribution in [0.5, 0.6) is 5.88 Å². The number of rotatable bonds is 5. The molecule has 0 N–H and O–H groups in total. The summed E-state index contributed by atoms with van der Waals surface area (Å²) in [5.74, 6) is -0.162. The Bertz CT molecular complexity index is 355. The molecule has 0 saturated carbocycles. The maximum Gasteiger partial charge on any atom is 0.358 e. The highest BCUT2D eigenvalue weighted by Crippen LogP contribution is 2.10. The number of carbonyl (C=O) groups is 1. The first kappa shape index (κ1) is 12.4. The van der Waals surface area contributed by atoms with Gasteiger partial charge in [-0.15, -0.1) is 0 Å². The fourth-order valence-electron chi connectivity index (χ4n) is 1.28. The van der Waals surface area contributed by atoms with E-state index in [9.17, 15) is 4.79 Å². The molecule has 5 heteroatoms. The van der Waals surface area contributed by atoms with Gasteiger partial charge >= 0.3 is 5.97 Å². The van der Waals surface area contributed by atoms with Crippen LogP contribution in [-0.4, -0.2) is 29.2 Å². The van der Waals surface area contributed by atoms with Crippen molar-refractivity contribution in [1.82, 2.24) is 9.97 Å². The summed E-state index contributed by atoms with van der Waals surface area (Å²) in [6, 6.07) is 0. The SMILES string of the molecule is CCCC(C)Oc1cncc(C(=O)OC)n1. The molecule has 88 valence electrons. The van der Waals surface area contributed by atoms with Crippen LogP contribution in [0.25, 0.3) is 0 Å². The molecule has 0 bridgehead atoms. The number of carbonyl (C=O) groups excluding carboxylic acids is 1. The molecule has 0 aromatic carbocycles. The maximum absolute atomic E-state index is 11.2. The zero-order valence-corrected chi connectivity index (χ0v) is 9.77. The van der Waals surface area contributed by atoms with E-state index < -0.39 is 5.97 Å². The van der Waals surface area contributed by atoms with E-state index in [1.165, 1.54) is 19.5 Å². The Morgan fingerprint density at radius 1 is 1.50 bits per heavy atom. The van der Waals surface area contributed by atoms with Crippen LogP contribution in [0.1, 0.15) is 37.2 Å². The second-order valence-electron chi connectivity index (χ2n) is 3.45. The molecule has 1 heterocycles. The normalized spacial score (nSPS) is 11.9. The summed E-state index contributed by atoms with van der Waals surface area (Å²) in [4.78, 5) is 19.1. The van der Waals surface area contributed by atoms with Gasteiger partial charge in [-0.05, 0) is 13.3 Å². The van der Waals surface area contributed by atoms with Crippen LogP contribution in [0.2, 0.25) is 0 Å². The van der Waals surface area contributed by atoms with Gasteiger partial charge in [0.25, 0.3) is 0 Å². The maximum atomic E-state index is 11.2. The van der Waals surface area contributed by atoms with Crippen LogP contribution in [-0.2, 0) is 4.74 Å². The molecule has 16 heavy (non-hydrogen) atoms. The van der Waals surface area contributed by atoms with Crippen molar-refractivity contribution in [2.24, 2.45) is 0 Å². The van der Waals surface area contributed by atoms with E-state index in [4.69, 9.17) is 4.74 Å². The predicted octanol–water partition coefficient (Wildman–Crippen LogP) is 1.83. The Labute approximate surface area is 94.8 Å². The smallest absolute Gasteiger partial charge is 0.358 e. The van der Waals surface area contributed by atoms with Crippen molar-refractivity contribution < 1.29 is 14.3 Å². The first-order chi connectivity index (χ1) is 7.67. The average molecular weight is 224 g/mol. The number of hydrogen-bond acceptors (Lipinski definition) is 5. The number of methoxy groups -OCH3 is 1. The van der Waals surface area contributed by atoms with Gasteiger partial charge in [-0.2, -0.15) is 0 Å². The summed E-state index contributed by atoms with van der Waals surface area (Å²) in [6.45, 7) is 4.03. The molecule has 0 fully saturated rings. The second kappa shape index (κ2) is 6.05. The lowest BCUT2D eigenvalue weighted by Gasteiger charge is -2.12. The zero-order valence-electron chi connectivity index (χ0n) is 9.77. The molecule has 1 aromatic heterocycles. The molecule has 0 spiro atoms. The molecular weight excluding hydrogens is 208 g/mol. The largest absolute Gasteiger partial charge is 0.474 e. The van der Waals surface area contributed by atoms with Crippen molar-refractivity contribution in [3.8, 4) is 5.88 Å². The summed E-state index contributed by atoms with van der Waals surface area (Å²) in [6.07, 6.45) is 4.86. The third-order valence-corrected chi connectivity index (χ3v) is 2.02. The molecule has 0 aliphatic carbocycles. The molecule has 0 saturated heterocycles. The van der Waals surface area contributed by atoms with Crippen LogP contribution >= 0.6 is 0 Å². The molecule has 5 nitrogen and oxygen atoms in total. The van der Waals surface area contributed by atoms with Crippen molar-refractivity contribution >= 4 is 5.97 Å². The summed E-state index contributed by atoms with van der Waals surface area (Å²) >= 11 is 0. The van der Waals surface area contributed by atoms with Crippen LogP contribution < -0.4 is 4.74 Å². The van der Waals surface area contributed by atoms with Gasteiger partial charge in [0.1, 0.15) is 0 Å². The highest BCUT2D eigenvalue weighted by molar-refractivity contribution is 5.86. The molecular formula is C11H16N2O3. The van der Waals surface area contributed by atoms with E-state index in [0.29, 0.717) is 5.88 Å². The van der Waals surface area contributed by atoms with Crippen LogP contribution in [0, 0.1) is 0 Å². The van der Waals surface area contributed by atoms with E-state index in [0.717, 1.165) is 12.8 Å². The Morgan fingerprint density at radius 3 is 2.88 bits per heavy atom. The van der Waals surface area contributed by atoms with Gasteiger partial charge < -0.3 is 9.47 Å². The predicted molar refractivity (Wildman–Crippen MR) is 58.4 cm³/mol. The quantitative estimate of drug-likeness (QED) is 0.714. The van der Waals surface area contributed by atoms with E-state index >= 15 is 0 Å². The van der Waals surface area contributed by atoms with Gasteiger partial charge in [0, 0.05) is 0 Å². The molecule has 1 atom stereocenters. The molecule has 0 aliphatic rings. The standard InChI is InChI=1S/C11H16N2O3/c1-4-5-8(2)16-10-7-12-6-9(13-10)11(14)15-3/h6-8H,4-5H2,1-3H3. The minimum Gasteiger partial charge on any atom is -0.474 e. The fourth-order valence-corrected chi connectivity index (χ4v) is 1.28. The van der Waals surface area contributed by atoms with Gasteiger partial charge in [0.2, 0.25) is 5.88 Å². The first-order valence-corrected chi connectivity index (χ1v) is 5.24. The van der Waals surface area contributed by atoms with E-state index in [2.05, 4.69) is 21.6 Å². The minimum absolute atomic E-state index is 0.0622. The van der Waals surface area contributed by atoms with Crippen molar-refractivity contribution in [2.75, 3.05) is 7.11 Å². The second-order valence-corrected chi connectivity index (χ2v) is 3.45. The monoisotopic (exact) mass is 224 g/mol. The number of ether oxygens (including phenoxy) is 2. The van der Waals surface area contributed by atoms with Crippen molar-refractivity contribution in [3.05, 3.63) is 18.1 Å². The Hall–Kier alpha value is -1.65. The lowest BCUT2D eigenvalue weighted by molar-refractivity contribution is 0.0591. The number of esters is 1. The molecule has 0 radical (unpaired) electrons. The van der Waals surface area contributed by atoms with E-state index in [-0.39, 0.29) is 11.8 Å². The van der Waals surface area contributed by atoms with Gasteiger partial charge in [0.05, 0.1) is 25.6 Å². The summed E-state index contributed by atoms with van der Waals surface area (Å²) in [5, 5.41) is 0. The van der Waals surface area contributed by atoms with Gasteiger partial charge in [-0.25, -0.2) is 9.78 Å². The molecule has 1 unspecified atom stereocenters. The number of hydrogen-bond donors (Lipinski definition) is 0. The fraction of sp³-hybridized carbons (Fsp3) is 0.545. The van der Waals surface area contributed by atoms with Gasteiger partial charge in [-0.1, -0.05) is 13.3 Å². The zero-order chi connectivity index (χ0) is 12.0. The van der Waals surface area contributed by atoms with Crippen LogP contribution in [0.3, 0.4) is 0 Å². The van der Waals surface area contributed by atoms with Crippen LogP contribution in [0.15, 0.2) is 12.4 Å². The Morgan fingerprint density at radius 2 is 2.25 bits per heavy atom. The third-order valence-electron chi connectivity index (χ3n) is 2.02. The molecule has 0 amide bonds. The average Bonchev–Trinajstić information content (AvgIpc) is 2.28. The summed E-state index contributed by atoms with van der Waals surface area (Å²) in [5.41, 5.74) is 0.156. The van der Waals surface area contributed by atoms with Gasteiger partial charge in [0.15, 0.2) is 5.69 Å². The van der Waals surface area contributed by atoms with Gasteiger partial charge in [-0.3, -0.25) is 4.98 Å². The topological polar surface area (TPSA) is 61.3 Å².